The molecule has 168 valence electrons. The van der Waals surface area contributed by atoms with Gasteiger partial charge < -0.3 is 14.8 Å². The van der Waals surface area contributed by atoms with E-state index in [-0.39, 0.29) is 23.5 Å². The number of carbonyl (C=O) groups excluding carboxylic acids is 1. The number of rotatable bonds is 7. The van der Waals surface area contributed by atoms with Crippen LogP contribution in [0.5, 0.6) is 11.5 Å². The van der Waals surface area contributed by atoms with Gasteiger partial charge in [0.2, 0.25) is 0 Å². The van der Waals surface area contributed by atoms with Crippen LogP contribution in [0.3, 0.4) is 0 Å². The van der Waals surface area contributed by atoms with Crippen molar-refractivity contribution in [1.29, 1.82) is 0 Å². The van der Waals surface area contributed by atoms with Gasteiger partial charge in [-0.15, -0.1) is 0 Å². The van der Waals surface area contributed by atoms with Crippen molar-refractivity contribution in [2.24, 2.45) is 0 Å². The predicted octanol–water partition coefficient (Wildman–Crippen LogP) is 6.55. The maximum Gasteiger partial charge on any atom is 0.419 e. The number of nitrogens with zero attached hydrogens (tertiary/aromatic N) is 1. The molecular formula is C24H23F3N2O3. The van der Waals surface area contributed by atoms with Crippen LogP contribution >= 0.6 is 0 Å². The first-order chi connectivity index (χ1) is 15.2. The molecule has 1 aromatic heterocycles. The highest BCUT2D eigenvalue weighted by Crippen LogP contribution is 2.38. The number of amides is 1. The average Bonchev–Trinajstić information content (AvgIpc) is 2.74. The van der Waals surface area contributed by atoms with E-state index in [0.29, 0.717) is 23.6 Å². The van der Waals surface area contributed by atoms with Crippen molar-refractivity contribution in [2.75, 3.05) is 11.9 Å². The third kappa shape index (κ3) is 5.64. The minimum Gasteiger partial charge on any atom is -0.457 e. The number of ether oxygens (including phenoxy) is 2. The Morgan fingerprint density at radius 1 is 1.06 bits per heavy atom. The van der Waals surface area contributed by atoms with Crippen LogP contribution in [0, 0.1) is 6.92 Å². The lowest BCUT2D eigenvalue weighted by Crippen LogP contribution is -2.15. The van der Waals surface area contributed by atoms with Crippen LogP contribution in [0.15, 0.2) is 60.7 Å². The van der Waals surface area contributed by atoms with E-state index in [2.05, 4.69) is 10.3 Å². The van der Waals surface area contributed by atoms with Gasteiger partial charge in [0.05, 0.1) is 28.6 Å². The van der Waals surface area contributed by atoms with Crippen molar-refractivity contribution in [3.63, 3.8) is 0 Å². The summed E-state index contributed by atoms with van der Waals surface area (Å²) in [5.41, 5.74) is 1.33. The third-order valence-electron chi connectivity index (χ3n) is 4.72. The second-order valence-corrected chi connectivity index (χ2v) is 7.04. The predicted molar refractivity (Wildman–Crippen MR) is 115 cm³/mol. The van der Waals surface area contributed by atoms with Crippen LogP contribution in [-0.2, 0) is 10.9 Å². The molecule has 0 aliphatic heterocycles. The van der Waals surface area contributed by atoms with Gasteiger partial charge in [-0.1, -0.05) is 12.1 Å². The largest absolute Gasteiger partial charge is 0.457 e. The van der Waals surface area contributed by atoms with Gasteiger partial charge in [-0.3, -0.25) is 9.78 Å². The van der Waals surface area contributed by atoms with Crippen molar-refractivity contribution in [2.45, 2.75) is 33.1 Å². The van der Waals surface area contributed by atoms with E-state index in [9.17, 15) is 18.0 Å². The minimum absolute atomic E-state index is 0.175. The normalized spacial score (nSPS) is 12.3. The number of aromatic nitrogens is 1. The van der Waals surface area contributed by atoms with Crippen LogP contribution in [0.1, 0.15) is 47.3 Å². The summed E-state index contributed by atoms with van der Waals surface area (Å²) in [7, 11) is 0. The zero-order chi connectivity index (χ0) is 23.3. The first-order valence-corrected chi connectivity index (χ1v) is 10.0. The fourth-order valence-corrected chi connectivity index (χ4v) is 3.10. The van der Waals surface area contributed by atoms with E-state index in [1.165, 1.54) is 30.3 Å². The summed E-state index contributed by atoms with van der Waals surface area (Å²) in [5, 5.41) is 2.75. The molecule has 0 spiro atoms. The molecule has 0 bridgehead atoms. The van der Waals surface area contributed by atoms with E-state index in [4.69, 9.17) is 9.47 Å². The van der Waals surface area contributed by atoms with Crippen molar-refractivity contribution >= 4 is 11.6 Å². The third-order valence-corrected chi connectivity index (χ3v) is 4.72. The number of anilines is 1. The fourth-order valence-electron chi connectivity index (χ4n) is 3.10. The van der Waals surface area contributed by atoms with E-state index in [1.807, 2.05) is 13.8 Å². The fraction of sp³-hybridized carbons (Fsp3) is 0.250. The van der Waals surface area contributed by atoms with Crippen LogP contribution in [-0.4, -0.2) is 17.5 Å². The summed E-state index contributed by atoms with van der Waals surface area (Å²) in [5.74, 6) is -0.423. The molecule has 1 heterocycles. The number of halogens is 3. The van der Waals surface area contributed by atoms with E-state index >= 15 is 0 Å². The molecule has 32 heavy (non-hydrogen) atoms. The number of carbonyl (C=O) groups is 1. The van der Waals surface area contributed by atoms with Gasteiger partial charge in [0.15, 0.2) is 0 Å². The van der Waals surface area contributed by atoms with Crippen molar-refractivity contribution < 1.29 is 27.4 Å². The lowest BCUT2D eigenvalue weighted by molar-refractivity contribution is -0.138. The molecule has 1 amide bonds. The highest BCUT2D eigenvalue weighted by Gasteiger charge is 2.34. The Bertz CT molecular complexity index is 1080. The number of nitrogens with one attached hydrogen (secondary N) is 1. The number of pyridine rings is 1. The Labute approximate surface area is 184 Å². The second-order valence-electron chi connectivity index (χ2n) is 7.04. The Kier molecular flexibility index (Phi) is 7.15. The Hall–Kier alpha value is -3.39. The number of hydrogen-bond acceptors (Lipinski definition) is 4. The molecule has 8 heteroatoms. The average molecular weight is 444 g/mol. The quantitative estimate of drug-likeness (QED) is 0.449. The van der Waals surface area contributed by atoms with Gasteiger partial charge >= 0.3 is 6.18 Å². The maximum atomic E-state index is 13.1. The lowest BCUT2D eigenvalue weighted by atomic mass is 10.1. The summed E-state index contributed by atoms with van der Waals surface area (Å²) in [6.07, 6.45) is -4.70. The van der Waals surface area contributed by atoms with E-state index < -0.39 is 11.7 Å². The standard InChI is InChI=1S/C24H23F3N2O3/c1-4-31-16(3)21-14-13-19(15(2)28-21)23(30)29-17-9-11-18(12-10-17)32-22-8-6-5-7-20(22)24(25,26)27/h5-14,16H,4H2,1-3H3,(H,29,30). The minimum atomic E-state index is -4.52. The second kappa shape index (κ2) is 9.82. The van der Waals surface area contributed by atoms with Gasteiger partial charge in [-0.2, -0.15) is 13.2 Å². The zero-order valence-corrected chi connectivity index (χ0v) is 17.9. The molecule has 1 unspecified atom stereocenters. The van der Waals surface area contributed by atoms with Crippen molar-refractivity contribution in [3.8, 4) is 11.5 Å². The zero-order valence-electron chi connectivity index (χ0n) is 17.9. The molecule has 5 nitrogen and oxygen atoms in total. The summed E-state index contributed by atoms with van der Waals surface area (Å²) in [6, 6.07) is 14.5. The highest BCUT2D eigenvalue weighted by molar-refractivity contribution is 6.05. The number of alkyl halides is 3. The van der Waals surface area contributed by atoms with Gasteiger partial charge in [0, 0.05) is 12.3 Å². The van der Waals surface area contributed by atoms with Crippen LogP contribution in [0.25, 0.3) is 0 Å². The summed E-state index contributed by atoms with van der Waals surface area (Å²) >= 11 is 0. The maximum absolute atomic E-state index is 13.1. The van der Waals surface area contributed by atoms with Crippen LogP contribution in [0.4, 0.5) is 18.9 Å². The van der Waals surface area contributed by atoms with Crippen molar-refractivity contribution in [1.82, 2.24) is 4.98 Å². The van der Waals surface area contributed by atoms with Gasteiger partial charge in [-0.05, 0) is 69.3 Å². The Morgan fingerprint density at radius 3 is 2.38 bits per heavy atom. The number of aryl methyl sites for hydroxylation is 1. The molecule has 3 rings (SSSR count). The summed E-state index contributed by atoms with van der Waals surface area (Å²) in [6.45, 7) is 6.09. The Morgan fingerprint density at radius 2 is 1.75 bits per heavy atom. The van der Waals surface area contributed by atoms with Crippen LogP contribution < -0.4 is 10.1 Å². The SMILES string of the molecule is CCOC(C)c1ccc(C(=O)Nc2ccc(Oc3ccccc3C(F)(F)F)cc2)c(C)n1. The summed E-state index contributed by atoms with van der Waals surface area (Å²) < 4.78 is 50.3. The molecule has 0 radical (unpaired) electrons. The molecule has 0 aliphatic carbocycles. The van der Waals surface area contributed by atoms with Gasteiger partial charge in [0.25, 0.3) is 5.91 Å². The highest BCUT2D eigenvalue weighted by atomic mass is 19.4. The number of hydrogen-bond donors (Lipinski definition) is 1. The molecule has 1 N–H and O–H groups in total. The van der Waals surface area contributed by atoms with Crippen molar-refractivity contribution in [3.05, 3.63) is 83.2 Å². The topological polar surface area (TPSA) is 60.5 Å². The molecule has 0 aliphatic rings. The molecule has 0 saturated carbocycles. The first-order valence-electron chi connectivity index (χ1n) is 10.0. The Balaban J connectivity index is 1.70. The molecule has 0 saturated heterocycles. The van der Waals surface area contributed by atoms with Gasteiger partial charge in [0.1, 0.15) is 11.5 Å². The number of para-hydroxylation sites is 1. The van der Waals surface area contributed by atoms with Crippen LogP contribution in [0.2, 0.25) is 0 Å². The van der Waals surface area contributed by atoms with Gasteiger partial charge in [-0.25, -0.2) is 0 Å². The lowest BCUT2D eigenvalue weighted by Gasteiger charge is -2.14. The molecule has 3 aromatic rings. The van der Waals surface area contributed by atoms with E-state index in [1.54, 1.807) is 31.2 Å². The smallest absolute Gasteiger partial charge is 0.419 e. The molecule has 0 fully saturated rings. The van der Waals surface area contributed by atoms with E-state index in [0.717, 1.165) is 11.8 Å². The molecule has 1 atom stereocenters. The monoisotopic (exact) mass is 444 g/mol. The summed E-state index contributed by atoms with van der Waals surface area (Å²) in [4.78, 5) is 17.1. The molecule has 2 aromatic carbocycles. The molecular weight excluding hydrogens is 421 g/mol. The first kappa shape index (κ1) is 23.3. The number of benzene rings is 2.